The fourth-order valence-corrected chi connectivity index (χ4v) is 6.88. The van der Waals surface area contributed by atoms with Crippen LogP contribution in [0.4, 0.5) is 11.5 Å². The number of thioether (sulfide) groups is 1. The minimum Gasteiger partial charge on any atom is -0.355 e. The number of benzene rings is 1. The number of nitriles is 1. The number of pyridine rings is 1. The molecule has 2 aliphatic rings. The molecule has 0 N–H and O–H groups in total. The predicted octanol–water partition coefficient (Wildman–Crippen LogP) is 3.78. The van der Waals surface area contributed by atoms with Crippen molar-refractivity contribution >= 4 is 51.8 Å². The van der Waals surface area contributed by atoms with Crippen LogP contribution < -0.4 is 20.9 Å². The summed E-state index contributed by atoms with van der Waals surface area (Å²) in [7, 11) is 3.84. The van der Waals surface area contributed by atoms with Crippen molar-refractivity contribution in [2.45, 2.75) is 40.2 Å². The van der Waals surface area contributed by atoms with Gasteiger partial charge in [0, 0.05) is 45.3 Å². The molecule has 0 saturated carbocycles. The van der Waals surface area contributed by atoms with Crippen molar-refractivity contribution in [1.82, 2.24) is 18.8 Å². The van der Waals surface area contributed by atoms with Crippen molar-refractivity contribution in [3.8, 4) is 11.8 Å². The van der Waals surface area contributed by atoms with Gasteiger partial charge in [0.15, 0.2) is 4.32 Å². The van der Waals surface area contributed by atoms with E-state index in [2.05, 4.69) is 29.8 Å². The Morgan fingerprint density at radius 1 is 1.02 bits per heavy atom. The summed E-state index contributed by atoms with van der Waals surface area (Å²) in [6.45, 7) is 9.13. The Kier molecular flexibility index (Phi) is 8.78. The summed E-state index contributed by atoms with van der Waals surface area (Å²) in [6.07, 6.45) is 3.41. The molecule has 0 spiro atoms. The number of anilines is 2. The number of hydrogen-bond acceptors (Lipinski definition) is 8. The minimum absolute atomic E-state index is 0.0698. The van der Waals surface area contributed by atoms with Crippen LogP contribution >= 0.6 is 24.0 Å². The van der Waals surface area contributed by atoms with E-state index in [-0.39, 0.29) is 26.7 Å². The van der Waals surface area contributed by atoms with Crippen molar-refractivity contribution in [3.05, 3.63) is 78.3 Å². The van der Waals surface area contributed by atoms with Crippen LogP contribution in [0.1, 0.15) is 42.1 Å². The zero-order valence-electron chi connectivity index (χ0n) is 25.1. The molecule has 1 amide bonds. The Morgan fingerprint density at radius 2 is 1.70 bits per heavy atom. The average molecular weight is 618 g/mol. The molecule has 2 saturated heterocycles. The number of amides is 1. The van der Waals surface area contributed by atoms with E-state index in [0.717, 1.165) is 43.5 Å². The second-order valence-corrected chi connectivity index (χ2v) is 12.6. The van der Waals surface area contributed by atoms with Gasteiger partial charge < -0.3 is 9.80 Å². The maximum Gasteiger partial charge on any atom is 0.296 e. The van der Waals surface area contributed by atoms with Gasteiger partial charge in [-0.15, -0.1) is 0 Å². The summed E-state index contributed by atoms with van der Waals surface area (Å²) >= 11 is 6.80. The molecule has 0 unspecified atom stereocenters. The molecule has 2 fully saturated rings. The van der Waals surface area contributed by atoms with E-state index >= 15 is 0 Å². The van der Waals surface area contributed by atoms with Crippen molar-refractivity contribution in [2.24, 2.45) is 7.05 Å². The molecule has 0 bridgehead atoms. The number of piperazine rings is 1. The summed E-state index contributed by atoms with van der Waals surface area (Å²) in [4.78, 5) is 47.4. The SMILES string of the molecule is CCCCn1c(N2CCN(C)CC2)c(/C=C2/SC(=S)N(c3c(C)n(C)n(-c4ccccc4)c3=O)C2=O)c(C)c(C#N)c1=O. The first kappa shape index (κ1) is 30.5. The van der Waals surface area contributed by atoms with E-state index in [1.165, 1.54) is 9.58 Å². The quantitative estimate of drug-likeness (QED) is 0.292. The van der Waals surface area contributed by atoms with Gasteiger partial charge in [-0.05, 0) is 51.1 Å². The topological polar surface area (TPSA) is 99.5 Å². The van der Waals surface area contributed by atoms with E-state index in [1.54, 1.807) is 36.2 Å². The summed E-state index contributed by atoms with van der Waals surface area (Å²) in [5, 5.41) is 9.99. The molecule has 12 heteroatoms. The lowest BCUT2D eigenvalue weighted by Crippen LogP contribution is -2.47. The predicted molar refractivity (Wildman–Crippen MR) is 176 cm³/mol. The fourth-order valence-electron chi connectivity index (χ4n) is 5.63. The third-order valence-corrected chi connectivity index (χ3v) is 9.50. The van der Waals surface area contributed by atoms with E-state index in [1.807, 2.05) is 30.3 Å². The highest BCUT2D eigenvalue weighted by Crippen LogP contribution is 2.38. The third-order valence-electron chi connectivity index (χ3n) is 8.20. The van der Waals surface area contributed by atoms with Gasteiger partial charge in [-0.25, -0.2) is 4.68 Å². The van der Waals surface area contributed by atoms with E-state index in [0.29, 0.717) is 47.0 Å². The van der Waals surface area contributed by atoms with Gasteiger partial charge in [0.05, 0.1) is 16.3 Å². The number of carbonyl (C=O) groups is 1. The number of aromatic nitrogens is 3. The standard InChI is InChI=1S/C31H35N7O3S2/c1-6-7-13-36-27(35-16-14-33(4)15-17-35)23(20(2)24(19-32)28(36)39)18-25-29(40)37(31(42)43-25)26-21(3)34(5)38(30(26)41)22-11-9-8-10-12-22/h8-12,18H,6-7,13-17H2,1-5H3/b25-18+. The minimum atomic E-state index is -0.408. The maximum atomic E-state index is 14.0. The number of nitrogens with zero attached hydrogens (tertiary/aromatic N) is 7. The molecule has 0 aliphatic carbocycles. The summed E-state index contributed by atoms with van der Waals surface area (Å²) < 4.78 is 5.19. The van der Waals surface area contributed by atoms with Gasteiger partial charge in [-0.1, -0.05) is 55.5 Å². The van der Waals surface area contributed by atoms with Crippen LogP contribution in [-0.2, 0) is 18.4 Å². The van der Waals surface area contributed by atoms with Crippen LogP contribution in [-0.4, -0.2) is 62.3 Å². The van der Waals surface area contributed by atoms with Crippen molar-refractivity contribution in [2.75, 3.05) is 43.0 Å². The van der Waals surface area contributed by atoms with Gasteiger partial charge in [-0.3, -0.25) is 28.5 Å². The molecule has 2 aliphatic heterocycles. The van der Waals surface area contributed by atoms with E-state index in [4.69, 9.17) is 12.2 Å². The van der Waals surface area contributed by atoms with Crippen molar-refractivity contribution in [1.29, 1.82) is 5.26 Å². The normalized spacial score (nSPS) is 16.9. The largest absolute Gasteiger partial charge is 0.355 e. The average Bonchev–Trinajstić information content (AvgIpc) is 3.39. The molecule has 224 valence electrons. The first-order valence-corrected chi connectivity index (χ1v) is 15.6. The van der Waals surface area contributed by atoms with Gasteiger partial charge in [0.25, 0.3) is 17.0 Å². The van der Waals surface area contributed by atoms with Crippen LogP contribution in [0.25, 0.3) is 11.8 Å². The number of hydrogen-bond donors (Lipinski definition) is 0. The molecular formula is C31H35N7O3S2. The molecule has 5 rings (SSSR count). The second-order valence-electron chi connectivity index (χ2n) is 10.9. The third kappa shape index (κ3) is 5.37. The molecule has 4 heterocycles. The van der Waals surface area contributed by atoms with Crippen LogP contribution in [0.5, 0.6) is 0 Å². The number of unbranched alkanes of at least 4 members (excludes halogenated alkanes) is 1. The lowest BCUT2D eigenvalue weighted by Gasteiger charge is -2.36. The van der Waals surface area contributed by atoms with Crippen LogP contribution in [0.2, 0.25) is 0 Å². The van der Waals surface area contributed by atoms with E-state index < -0.39 is 5.91 Å². The molecular weight excluding hydrogens is 583 g/mol. The zero-order valence-corrected chi connectivity index (χ0v) is 26.7. The number of carbonyl (C=O) groups excluding carboxylic acids is 1. The molecule has 1 aromatic carbocycles. The lowest BCUT2D eigenvalue weighted by atomic mass is 10.0. The molecule has 0 radical (unpaired) electrons. The molecule has 0 atom stereocenters. The monoisotopic (exact) mass is 617 g/mol. The molecule has 2 aromatic heterocycles. The molecule has 43 heavy (non-hydrogen) atoms. The molecule has 3 aromatic rings. The maximum absolute atomic E-state index is 14.0. The van der Waals surface area contributed by atoms with Crippen molar-refractivity contribution < 1.29 is 4.79 Å². The number of likely N-dealkylation sites (N-methyl/N-ethyl adjacent to an activating group) is 1. The highest BCUT2D eigenvalue weighted by molar-refractivity contribution is 8.27. The Hall–Kier alpha value is -3.92. The van der Waals surface area contributed by atoms with Crippen LogP contribution in [0, 0.1) is 25.2 Å². The van der Waals surface area contributed by atoms with Crippen LogP contribution in [0.3, 0.4) is 0 Å². The lowest BCUT2D eigenvalue weighted by molar-refractivity contribution is -0.113. The Bertz CT molecular complexity index is 1790. The highest BCUT2D eigenvalue weighted by atomic mass is 32.2. The Labute approximate surface area is 260 Å². The highest BCUT2D eigenvalue weighted by Gasteiger charge is 2.38. The number of para-hydroxylation sites is 1. The second kappa shape index (κ2) is 12.4. The number of rotatable bonds is 7. The fraction of sp³-hybridized carbons (Fsp3) is 0.387. The Morgan fingerprint density at radius 3 is 2.33 bits per heavy atom. The van der Waals surface area contributed by atoms with Gasteiger partial charge >= 0.3 is 0 Å². The zero-order chi connectivity index (χ0) is 31.0. The summed E-state index contributed by atoms with van der Waals surface area (Å²) in [5.74, 6) is 0.310. The van der Waals surface area contributed by atoms with E-state index in [9.17, 15) is 19.6 Å². The number of thiocarbonyl (C=S) groups is 1. The molecule has 10 nitrogen and oxygen atoms in total. The summed E-state index contributed by atoms with van der Waals surface area (Å²) in [6, 6.07) is 11.3. The van der Waals surface area contributed by atoms with Gasteiger partial charge in [-0.2, -0.15) is 5.26 Å². The first-order chi connectivity index (χ1) is 20.6. The Balaban J connectivity index is 1.66. The van der Waals surface area contributed by atoms with Crippen molar-refractivity contribution in [3.63, 3.8) is 0 Å². The smallest absolute Gasteiger partial charge is 0.296 e. The summed E-state index contributed by atoms with van der Waals surface area (Å²) in [5.41, 5.74) is 2.08. The first-order valence-electron chi connectivity index (χ1n) is 14.3. The van der Waals surface area contributed by atoms with Gasteiger partial charge in [0.1, 0.15) is 23.1 Å². The van der Waals surface area contributed by atoms with Gasteiger partial charge in [0.2, 0.25) is 0 Å². The van der Waals surface area contributed by atoms with Crippen LogP contribution in [0.15, 0.2) is 44.8 Å².